The fourth-order valence-electron chi connectivity index (χ4n) is 1.46. The third kappa shape index (κ3) is 1.32. The topological polar surface area (TPSA) is 52.2 Å². The maximum Gasteiger partial charge on any atom is 0.183 e. The van der Waals surface area contributed by atoms with Gasteiger partial charge in [0, 0.05) is 0 Å². The summed E-state index contributed by atoms with van der Waals surface area (Å²) >= 11 is 1.66. The molecule has 0 unspecified atom stereocenters. The zero-order valence-corrected chi connectivity index (χ0v) is 8.82. The van der Waals surface area contributed by atoms with Gasteiger partial charge in [0.25, 0.3) is 0 Å². The van der Waals surface area contributed by atoms with Crippen LogP contribution in [0.1, 0.15) is 5.56 Å². The van der Waals surface area contributed by atoms with Crippen LogP contribution >= 0.6 is 11.3 Å². The van der Waals surface area contributed by atoms with Crippen molar-refractivity contribution in [1.29, 1.82) is 0 Å². The van der Waals surface area contributed by atoms with Crippen LogP contribution in [0, 0.1) is 6.92 Å². The number of hydrogen-bond acceptors (Lipinski definition) is 4. The van der Waals surface area contributed by atoms with Gasteiger partial charge in [-0.3, -0.25) is 0 Å². The lowest BCUT2D eigenvalue weighted by Gasteiger charge is -2.00. The van der Waals surface area contributed by atoms with Gasteiger partial charge in [0.05, 0.1) is 4.88 Å². The summed E-state index contributed by atoms with van der Waals surface area (Å²) in [4.78, 5) is 13.6. The minimum absolute atomic E-state index is 0.658. The molecule has 4 nitrogen and oxygen atoms in total. The van der Waals surface area contributed by atoms with Gasteiger partial charge in [-0.25, -0.2) is 20.3 Å². The van der Waals surface area contributed by atoms with Crippen molar-refractivity contribution in [3.63, 3.8) is 0 Å². The molecule has 15 heavy (non-hydrogen) atoms. The molecule has 3 rings (SSSR count). The second kappa shape index (κ2) is 3.13. The SMILES string of the molecule is Cc1csc(-c2ncnc3c2N=C[N]3)c1. The lowest BCUT2D eigenvalue weighted by atomic mass is 10.2. The second-order valence-electron chi connectivity index (χ2n) is 3.26. The van der Waals surface area contributed by atoms with Crippen LogP contribution in [0.2, 0.25) is 0 Å². The Balaban J connectivity index is 2.20. The van der Waals surface area contributed by atoms with Gasteiger partial charge in [-0.1, -0.05) is 0 Å². The first-order valence-electron chi connectivity index (χ1n) is 4.48. The highest BCUT2D eigenvalue weighted by molar-refractivity contribution is 7.13. The number of thiophene rings is 1. The number of hydrogen-bond donors (Lipinski definition) is 0. The summed E-state index contributed by atoms with van der Waals surface area (Å²) in [6.07, 6.45) is 3.05. The Bertz CT molecular complexity index is 544. The third-order valence-electron chi connectivity index (χ3n) is 2.13. The van der Waals surface area contributed by atoms with Crippen molar-refractivity contribution in [3.8, 4) is 10.6 Å². The first kappa shape index (κ1) is 8.55. The van der Waals surface area contributed by atoms with Gasteiger partial charge in [0.15, 0.2) is 5.82 Å². The summed E-state index contributed by atoms with van der Waals surface area (Å²) in [5, 5.41) is 6.15. The van der Waals surface area contributed by atoms with Gasteiger partial charge in [0.2, 0.25) is 0 Å². The summed E-state index contributed by atoms with van der Waals surface area (Å²) < 4.78 is 0. The van der Waals surface area contributed by atoms with E-state index in [0.717, 1.165) is 16.3 Å². The number of aryl methyl sites for hydroxylation is 1. The number of aromatic nitrogens is 2. The van der Waals surface area contributed by atoms with Crippen LogP contribution in [0.5, 0.6) is 0 Å². The van der Waals surface area contributed by atoms with Crippen LogP contribution in [-0.2, 0) is 0 Å². The molecular weight excluding hydrogens is 208 g/mol. The van der Waals surface area contributed by atoms with Gasteiger partial charge >= 0.3 is 0 Å². The molecule has 0 spiro atoms. The number of fused-ring (bicyclic) bond motifs is 1. The normalized spacial score (nSPS) is 12.6. The molecule has 0 saturated carbocycles. The van der Waals surface area contributed by atoms with Crippen molar-refractivity contribution in [1.82, 2.24) is 15.3 Å². The molecule has 0 aliphatic carbocycles. The van der Waals surface area contributed by atoms with Gasteiger partial charge in [-0.05, 0) is 23.9 Å². The van der Waals surface area contributed by atoms with Crippen LogP contribution < -0.4 is 5.32 Å². The molecule has 0 saturated heterocycles. The highest BCUT2D eigenvalue weighted by atomic mass is 32.1. The molecule has 0 bridgehead atoms. The summed E-state index contributed by atoms with van der Waals surface area (Å²) in [5.41, 5.74) is 2.89. The quantitative estimate of drug-likeness (QED) is 0.733. The van der Waals surface area contributed by atoms with E-state index in [1.54, 1.807) is 11.3 Å². The molecule has 2 aromatic rings. The molecule has 1 aliphatic rings. The van der Waals surface area contributed by atoms with Crippen molar-refractivity contribution in [2.75, 3.05) is 0 Å². The van der Waals surface area contributed by atoms with E-state index in [1.165, 1.54) is 18.2 Å². The second-order valence-corrected chi connectivity index (χ2v) is 4.17. The third-order valence-corrected chi connectivity index (χ3v) is 3.19. The average molecular weight is 215 g/mol. The van der Waals surface area contributed by atoms with Crippen molar-refractivity contribution < 1.29 is 0 Å². The van der Waals surface area contributed by atoms with Crippen molar-refractivity contribution >= 4 is 29.2 Å². The number of nitrogens with zero attached hydrogens (tertiary/aromatic N) is 4. The van der Waals surface area contributed by atoms with Crippen molar-refractivity contribution in [3.05, 3.63) is 23.3 Å². The van der Waals surface area contributed by atoms with E-state index in [4.69, 9.17) is 0 Å². The predicted molar refractivity (Wildman–Crippen MR) is 60.0 cm³/mol. The largest absolute Gasteiger partial charge is 0.233 e. The molecule has 3 heterocycles. The number of aliphatic imine (C=N–C) groups is 1. The lowest BCUT2D eigenvalue weighted by Crippen LogP contribution is -1.90. The van der Waals surface area contributed by atoms with Crippen molar-refractivity contribution in [2.45, 2.75) is 6.92 Å². The fourth-order valence-corrected chi connectivity index (χ4v) is 2.36. The maximum atomic E-state index is 4.26. The van der Waals surface area contributed by atoms with Crippen LogP contribution in [0.15, 0.2) is 22.8 Å². The smallest absolute Gasteiger partial charge is 0.183 e. The molecule has 0 N–H and O–H groups in total. The zero-order chi connectivity index (χ0) is 10.3. The average Bonchev–Trinajstić information content (AvgIpc) is 2.84. The number of rotatable bonds is 1. The summed E-state index contributed by atoms with van der Waals surface area (Å²) in [6.45, 7) is 2.06. The summed E-state index contributed by atoms with van der Waals surface area (Å²) in [5.74, 6) is 0.658. The molecule has 0 fully saturated rings. The fraction of sp³-hybridized carbons (Fsp3) is 0.100. The maximum absolute atomic E-state index is 4.26. The first-order valence-corrected chi connectivity index (χ1v) is 5.36. The molecule has 1 aliphatic heterocycles. The highest BCUT2D eigenvalue weighted by Gasteiger charge is 2.17. The molecule has 0 aromatic carbocycles. The van der Waals surface area contributed by atoms with E-state index in [9.17, 15) is 0 Å². The minimum Gasteiger partial charge on any atom is -0.233 e. The Kier molecular flexibility index (Phi) is 1.78. The Morgan fingerprint density at radius 3 is 3.00 bits per heavy atom. The first-order chi connectivity index (χ1) is 7.34. The van der Waals surface area contributed by atoms with Crippen molar-refractivity contribution in [2.24, 2.45) is 4.99 Å². The lowest BCUT2D eigenvalue weighted by molar-refractivity contribution is 1.12. The Morgan fingerprint density at radius 2 is 2.20 bits per heavy atom. The molecule has 0 amide bonds. The van der Waals surface area contributed by atoms with E-state index < -0.39 is 0 Å². The van der Waals surface area contributed by atoms with Gasteiger partial charge in [-0.15, -0.1) is 11.3 Å². The van der Waals surface area contributed by atoms with Gasteiger partial charge < -0.3 is 0 Å². The monoisotopic (exact) mass is 215 g/mol. The Morgan fingerprint density at radius 1 is 1.27 bits per heavy atom. The zero-order valence-electron chi connectivity index (χ0n) is 8.01. The molecule has 0 atom stereocenters. The van der Waals surface area contributed by atoms with Crippen LogP contribution in [0.3, 0.4) is 0 Å². The van der Waals surface area contributed by atoms with E-state index in [-0.39, 0.29) is 0 Å². The standard InChI is InChI=1S/C10H7N4S/c1-6-2-7(15-3-6)8-9-10(13-4-11-8)14-5-12-9/h2-5H,1H3. The van der Waals surface area contributed by atoms with E-state index in [0.29, 0.717) is 5.82 Å². The van der Waals surface area contributed by atoms with Crippen LogP contribution in [-0.4, -0.2) is 16.3 Å². The summed E-state index contributed by atoms with van der Waals surface area (Å²) in [6, 6.07) is 2.10. The highest BCUT2D eigenvalue weighted by Crippen LogP contribution is 2.37. The van der Waals surface area contributed by atoms with Gasteiger partial charge in [0.1, 0.15) is 24.0 Å². The predicted octanol–water partition coefficient (Wildman–Crippen LogP) is 2.42. The van der Waals surface area contributed by atoms with Crippen LogP contribution in [0.4, 0.5) is 11.5 Å². The molecular formula is C10H7N4S. The molecule has 1 radical (unpaired) electrons. The molecule has 73 valence electrons. The van der Waals surface area contributed by atoms with E-state index >= 15 is 0 Å². The molecule has 5 heteroatoms. The summed E-state index contributed by atoms with van der Waals surface area (Å²) in [7, 11) is 0. The van der Waals surface area contributed by atoms with Gasteiger partial charge in [-0.2, -0.15) is 0 Å². The van der Waals surface area contributed by atoms with E-state index in [1.807, 2.05) is 0 Å². The minimum atomic E-state index is 0.658. The Labute approximate surface area is 90.7 Å². The van der Waals surface area contributed by atoms with E-state index in [2.05, 4.69) is 38.6 Å². The molecule has 2 aromatic heterocycles. The Hall–Kier alpha value is -1.75. The van der Waals surface area contributed by atoms with Crippen LogP contribution in [0.25, 0.3) is 10.6 Å².